The van der Waals surface area contributed by atoms with Crippen molar-refractivity contribution in [3.05, 3.63) is 65.2 Å². The van der Waals surface area contributed by atoms with Gasteiger partial charge in [0.05, 0.1) is 12.7 Å². The van der Waals surface area contributed by atoms with Gasteiger partial charge in [0.15, 0.2) is 0 Å². The van der Waals surface area contributed by atoms with Crippen molar-refractivity contribution in [3.63, 3.8) is 0 Å². The van der Waals surface area contributed by atoms with Gasteiger partial charge in [0.2, 0.25) is 0 Å². The fourth-order valence-electron chi connectivity index (χ4n) is 2.72. The Morgan fingerprint density at radius 2 is 1.78 bits per heavy atom. The van der Waals surface area contributed by atoms with Gasteiger partial charge in [-0.2, -0.15) is 0 Å². The highest BCUT2D eigenvalue weighted by Crippen LogP contribution is 2.54. The Hall–Kier alpha value is -1.59. The van der Waals surface area contributed by atoms with E-state index in [4.69, 9.17) is 10.5 Å². The van der Waals surface area contributed by atoms with Gasteiger partial charge in [-0.15, -0.1) is 23.5 Å². The zero-order chi connectivity index (χ0) is 16.3. The highest BCUT2D eigenvalue weighted by molar-refractivity contribution is 8.18. The van der Waals surface area contributed by atoms with Crippen LogP contribution in [0, 0.1) is 0 Å². The molecule has 1 aliphatic rings. The van der Waals surface area contributed by atoms with Gasteiger partial charge in [-0.25, -0.2) is 4.79 Å². The van der Waals surface area contributed by atoms with Crippen LogP contribution in [0.15, 0.2) is 48.5 Å². The molecule has 0 unspecified atom stereocenters. The van der Waals surface area contributed by atoms with Crippen molar-refractivity contribution < 1.29 is 9.53 Å². The van der Waals surface area contributed by atoms with Crippen LogP contribution in [-0.2, 0) is 8.82 Å². The van der Waals surface area contributed by atoms with Crippen molar-refractivity contribution in [2.75, 3.05) is 24.3 Å². The number of ether oxygens (including phenoxy) is 1. The molecule has 3 nitrogen and oxygen atoms in total. The number of esters is 1. The van der Waals surface area contributed by atoms with Crippen molar-refractivity contribution in [1.82, 2.24) is 0 Å². The summed E-state index contributed by atoms with van der Waals surface area (Å²) in [5.74, 6) is 1.92. The van der Waals surface area contributed by atoms with E-state index < -0.39 is 0 Å². The van der Waals surface area contributed by atoms with E-state index in [2.05, 4.69) is 12.1 Å². The SMILES string of the molecule is COC(=O)c1ccc(C2(c3cccc(N)c3)SCCCS2)cc1. The summed E-state index contributed by atoms with van der Waals surface area (Å²) in [6, 6.07) is 15.8. The Labute approximate surface area is 145 Å². The Kier molecular flexibility index (Phi) is 4.87. The molecule has 2 aromatic rings. The molecule has 3 rings (SSSR count). The zero-order valence-electron chi connectivity index (χ0n) is 13.0. The lowest BCUT2D eigenvalue weighted by Gasteiger charge is -2.37. The molecule has 1 fully saturated rings. The number of methoxy groups -OCH3 is 1. The summed E-state index contributed by atoms with van der Waals surface area (Å²) < 4.78 is 4.62. The maximum absolute atomic E-state index is 11.6. The van der Waals surface area contributed by atoms with Crippen LogP contribution >= 0.6 is 23.5 Å². The zero-order valence-corrected chi connectivity index (χ0v) is 14.6. The van der Waals surface area contributed by atoms with Crippen LogP contribution in [0.2, 0.25) is 0 Å². The predicted octanol–water partition coefficient (Wildman–Crippen LogP) is 4.13. The first-order chi connectivity index (χ1) is 11.2. The number of thioether (sulfide) groups is 2. The van der Waals surface area contributed by atoms with Crippen LogP contribution in [0.1, 0.15) is 27.9 Å². The molecule has 1 aliphatic heterocycles. The van der Waals surface area contributed by atoms with Crippen LogP contribution in [0.3, 0.4) is 0 Å². The molecule has 0 amide bonds. The second-order valence-corrected chi connectivity index (χ2v) is 8.24. The molecule has 0 aromatic heterocycles. The van der Waals surface area contributed by atoms with Crippen molar-refractivity contribution in [2.24, 2.45) is 0 Å². The van der Waals surface area contributed by atoms with E-state index >= 15 is 0 Å². The van der Waals surface area contributed by atoms with E-state index in [9.17, 15) is 4.79 Å². The predicted molar refractivity (Wildman–Crippen MR) is 98.9 cm³/mol. The van der Waals surface area contributed by atoms with Crippen LogP contribution in [-0.4, -0.2) is 24.6 Å². The number of benzene rings is 2. The molecule has 5 heteroatoms. The van der Waals surface area contributed by atoms with Gasteiger partial charge in [0.25, 0.3) is 0 Å². The van der Waals surface area contributed by atoms with Gasteiger partial charge in [-0.1, -0.05) is 24.3 Å². The van der Waals surface area contributed by atoms with Crippen molar-refractivity contribution in [3.8, 4) is 0 Å². The van der Waals surface area contributed by atoms with E-state index in [1.54, 1.807) is 0 Å². The Morgan fingerprint density at radius 1 is 1.09 bits per heavy atom. The number of carbonyl (C=O) groups excluding carboxylic acids is 1. The first kappa shape index (κ1) is 16.3. The first-order valence-electron chi connectivity index (χ1n) is 7.48. The standard InChI is InChI=1S/C18H19NO2S2/c1-21-17(20)13-6-8-14(9-7-13)18(22-10-3-11-23-18)15-4-2-5-16(19)12-15/h2,4-9,12H,3,10-11,19H2,1H3. The van der Waals surface area contributed by atoms with Crippen LogP contribution in [0.25, 0.3) is 0 Å². The number of hydrogen-bond donors (Lipinski definition) is 1. The van der Waals surface area contributed by atoms with E-state index in [1.807, 2.05) is 59.9 Å². The molecule has 1 saturated heterocycles. The average Bonchev–Trinajstić information content (AvgIpc) is 2.62. The van der Waals surface area contributed by atoms with Crippen molar-refractivity contribution in [2.45, 2.75) is 10.5 Å². The molecule has 1 heterocycles. The summed E-state index contributed by atoms with van der Waals surface area (Å²) >= 11 is 3.87. The summed E-state index contributed by atoms with van der Waals surface area (Å²) in [7, 11) is 1.40. The number of nitrogen functional groups attached to an aromatic ring is 1. The number of hydrogen-bond acceptors (Lipinski definition) is 5. The molecule has 23 heavy (non-hydrogen) atoms. The van der Waals surface area contributed by atoms with Crippen LogP contribution in [0.4, 0.5) is 5.69 Å². The summed E-state index contributed by atoms with van der Waals surface area (Å²) in [5.41, 5.74) is 9.75. The van der Waals surface area contributed by atoms with E-state index in [0.717, 1.165) is 17.2 Å². The third-order valence-corrected chi connectivity index (χ3v) is 7.30. The van der Waals surface area contributed by atoms with Crippen molar-refractivity contribution in [1.29, 1.82) is 0 Å². The van der Waals surface area contributed by atoms with Gasteiger partial charge in [0.1, 0.15) is 4.08 Å². The Balaban J connectivity index is 2.04. The Bertz CT molecular complexity index is 694. The number of rotatable bonds is 3. The molecule has 2 N–H and O–H groups in total. The van der Waals surface area contributed by atoms with Gasteiger partial charge in [-0.3, -0.25) is 0 Å². The molecule has 2 aromatic carbocycles. The van der Waals surface area contributed by atoms with Gasteiger partial charge >= 0.3 is 5.97 Å². The molecule has 0 aliphatic carbocycles. The van der Waals surface area contributed by atoms with Crippen LogP contribution in [0.5, 0.6) is 0 Å². The maximum atomic E-state index is 11.6. The average molecular weight is 345 g/mol. The minimum atomic E-state index is -0.307. The second kappa shape index (κ2) is 6.89. The fourth-order valence-corrected chi connectivity index (χ4v) is 6.08. The van der Waals surface area contributed by atoms with E-state index in [0.29, 0.717) is 5.56 Å². The summed E-state index contributed by atoms with van der Waals surface area (Å²) in [6.07, 6.45) is 1.21. The first-order valence-corrected chi connectivity index (χ1v) is 9.45. The van der Waals surface area contributed by atoms with Gasteiger partial charge in [-0.05, 0) is 53.3 Å². The lowest BCUT2D eigenvalue weighted by Crippen LogP contribution is -2.24. The molecule has 120 valence electrons. The van der Waals surface area contributed by atoms with Gasteiger partial charge < -0.3 is 10.5 Å². The highest BCUT2D eigenvalue weighted by Gasteiger charge is 2.37. The minimum absolute atomic E-state index is 0.164. The largest absolute Gasteiger partial charge is 0.465 e. The maximum Gasteiger partial charge on any atom is 0.337 e. The van der Waals surface area contributed by atoms with E-state index in [-0.39, 0.29) is 10.0 Å². The quantitative estimate of drug-likeness (QED) is 0.670. The Morgan fingerprint density at radius 3 is 2.39 bits per heavy atom. The normalized spacial score (nSPS) is 16.7. The highest BCUT2D eigenvalue weighted by atomic mass is 32.2. The molecule has 0 bridgehead atoms. The molecule has 0 spiro atoms. The number of nitrogens with two attached hydrogens (primary N) is 1. The van der Waals surface area contributed by atoms with E-state index in [1.165, 1.54) is 24.7 Å². The lowest BCUT2D eigenvalue weighted by atomic mass is 10.0. The fraction of sp³-hybridized carbons (Fsp3) is 0.278. The number of anilines is 1. The summed E-state index contributed by atoms with van der Waals surface area (Å²) in [4.78, 5) is 11.6. The molecular formula is C18H19NO2S2. The minimum Gasteiger partial charge on any atom is -0.465 e. The van der Waals surface area contributed by atoms with Crippen molar-refractivity contribution >= 4 is 35.2 Å². The summed E-state index contributed by atoms with van der Waals surface area (Å²) in [6.45, 7) is 0. The smallest absolute Gasteiger partial charge is 0.337 e. The lowest BCUT2D eigenvalue weighted by molar-refractivity contribution is 0.0600. The number of carbonyl (C=O) groups is 1. The van der Waals surface area contributed by atoms with Crippen LogP contribution < -0.4 is 5.73 Å². The third-order valence-electron chi connectivity index (χ3n) is 3.85. The topological polar surface area (TPSA) is 52.3 Å². The molecule has 0 saturated carbocycles. The summed E-state index contributed by atoms with van der Waals surface area (Å²) in [5, 5.41) is 0. The molecule has 0 atom stereocenters. The van der Waals surface area contributed by atoms with Gasteiger partial charge in [0, 0.05) is 5.69 Å². The molecular weight excluding hydrogens is 326 g/mol. The molecule has 0 radical (unpaired) electrons. The third kappa shape index (κ3) is 3.21. The monoisotopic (exact) mass is 345 g/mol. The second-order valence-electron chi connectivity index (χ2n) is 5.36.